The highest BCUT2D eigenvalue weighted by atomic mass is 35.5. The van der Waals surface area contributed by atoms with Gasteiger partial charge in [-0.3, -0.25) is 0 Å². The van der Waals surface area contributed by atoms with Crippen molar-refractivity contribution in [1.29, 1.82) is 0 Å². The normalized spacial score (nSPS) is 10.0. The van der Waals surface area contributed by atoms with Crippen molar-refractivity contribution in [1.82, 2.24) is 0 Å². The Morgan fingerprint density at radius 1 is 1.17 bits per heavy atom. The van der Waals surface area contributed by atoms with Crippen LogP contribution in [0.4, 0.5) is 5.69 Å². The molecular weight excluding hydrogens is 220 g/mol. The van der Waals surface area contributed by atoms with Crippen molar-refractivity contribution in [2.45, 2.75) is 0 Å². The maximum absolute atomic E-state index is 5.77. The summed E-state index contributed by atoms with van der Waals surface area (Å²) in [5.41, 5.74) is 5.86. The Morgan fingerprint density at radius 2 is 1.75 bits per heavy atom. The number of anilines is 1. The predicted molar refractivity (Wildman–Crippen MR) is 52.4 cm³/mol. The van der Waals surface area contributed by atoms with E-state index in [1.54, 1.807) is 0 Å². The number of ether oxygens (including phenoxy) is 1. The molecule has 0 fully saturated rings. The summed E-state index contributed by atoms with van der Waals surface area (Å²) < 4.78 is 4.91. The van der Waals surface area contributed by atoms with Gasteiger partial charge in [-0.2, -0.15) is 0 Å². The molecule has 0 aliphatic carbocycles. The maximum Gasteiger partial charge on any atom is 0.141 e. The summed E-state index contributed by atoms with van der Waals surface area (Å²) in [5.74, 6) is 0.420. The van der Waals surface area contributed by atoms with Crippen LogP contribution in [0.15, 0.2) is 6.07 Å². The first-order valence-electron chi connectivity index (χ1n) is 3.05. The van der Waals surface area contributed by atoms with Gasteiger partial charge in [0.25, 0.3) is 0 Å². The molecule has 0 amide bonds. The number of methoxy groups -OCH3 is 1. The van der Waals surface area contributed by atoms with Crippen molar-refractivity contribution >= 4 is 40.5 Å². The Morgan fingerprint density at radius 3 is 2.25 bits per heavy atom. The first-order chi connectivity index (χ1) is 5.57. The van der Waals surface area contributed by atoms with E-state index < -0.39 is 0 Å². The molecule has 66 valence electrons. The Balaban J connectivity index is 3.39. The molecule has 0 bridgehead atoms. The average Bonchev–Trinajstić information content (AvgIpc) is 2.08. The minimum absolute atomic E-state index is 0.218. The van der Waals surface area contributed by atoms with Gasteiger partial charge in [-0.15, -0.1) is 0 Å². The zero-order valence-corrected chi connectivity index (χ0v) is 8.46. The van der Waals surface area contributed by atoms with Crippen molar-refractivity contribution in [3.8, 4) is 5.75 Å². The van der Waals surface area contributed by atoms with Gasteiger partial charge in [-0.05, 0) is 0 Å². The van der Waals surface area contributed by atoms with Crippen molar-refractivity contribution < 1.29 is 4.74 Å². The van der Waals surface area contributed by atoms with Crippen LogP contribution < -0.4 is 10.5 Å². The van der Waals surface area contributed by atoms with Gasteiger partial charge in [0.15, 0.2) is 0 Å². The van der Waals surface area contributed by atoms with E-state index in [1.807, 2.05) is 0 Å². The fraction of sp³-hybridized carbons (Fsp3) is 0.143. The fourth-order valence-electron chi connectivity index (χ4n) is 0.748. The van der Waals surface area contributed by atoms with Gasteiger partial charge in [-0.25, -0.2) is 0 Å². The maximum atomic E-state index is 5.77. The summed E-state index contributed by atoms with van der Waals surface area (Å²) in [5, 5.41) is 0.746. The molecule has 0 aromatic heterocycles. The van der Waals surface area contributed by atoms with E-state index >= 15 is 0 Å². The summed E-state index contributed by atoms with van der Waals surface area (Å²) >= 11 is 17.2. The molecule has 0 heterocycles. The number of benzene rings is 1. The first kappa shape index (κ1) is 9.78. The van der Waals surface area contributed by atoms with Gasteiger partial charge < -0.3 is 10.5 Å². The smallest absolute Gasteiger partial charge is 0.141 e. The van der Waals surface area contributed by atoms with Crippen LogP contribution in [0.5, 0.6) is 5.75 Å². The topological polar surface area (TPSA) is 35.2 Å². The second-order valence-electron chi connectivity index (χ2n) is 2.11. The summed E-state index contributed by atoms with van der Waals surface area (Å²) in [4.78, 5) is 0. The highest BCUT2D eigenvalue weighted by molar-refractivity contribution is 6.49. The van der Waals surface area contributed by atoms with Crippen LogP contribution in [0, 0.1) is 0 Å². The van der Waals surface area contributed by atoms with Crippen LogP contribution in [0.25, 0.3) is 0 Å². The SMILES string of the molecule is COc1cc(N)c(Cl)c(Cl)c1Cl. The molecule has 0 saturated heterocycles. The van der Waals surface area contributed by atoms with Crippen molar-refractivity contribution in [2.75, 3.05) is 12.8 Å². The molecule has 0 spiro atoms. The van der Waals surface area contributed by atoms with E-state index in [1.165, 1.54) is 13.2 Å². The highest BCUT2D eigenvalue weighted by Crippen LogP contribution is 2.40. The lowest BCUT2D eigenvalue weighted by molar-refractivity contribution is 0.415. The van der Waals surface area contributed by atoms with Crippen LogP contribution in [0.1, 0.15) is 0 Å². The van der Waals surface area contributed by atoms with Gasteiger partial charge in [0.2, 0.25) is 0 Å². The number of nitrogen functional groups attached to an aromatic ring is 1. The zero-order chi connectivity index (χ0) is 9.30. The monoisotopic (exact) mass is 225 g/mol. The summed E-state index contributed by atoms with van der Waals surface area (Å²) in [7, 11) is 1.48. The molecule has 1 aromatic rings. The molecule has 12 heavy (non-hydrogen) atoms. The van der Waals surface area contributed by atoms with Crippen molar-refractivity contribution in [2.24, 2.45) is 0 Å². The van der Waals surface area contributed by atoms with E-state index in [0.29, 0.717) is 11.4 Å². The van der Waals surface area contributed by atoms with Crippen molar-refractivity contribution in [3.63, 3.8) is 0 Å². The molecule has 2 nitrogen and oxygen atoms in total. The van der Waals surface area contributed by atoms with Gasteiger partial charge in [0.1, 0.15) is 10.8 Å². The third kappa shape index (κ3) is 1.56. The zero-order valence-electron chi connectivity index (χ0n) is 6.20. The molecule has 0 atom stereocenters. The third-order valence-corrected chi connectivity index (χ3v) is 2.72. The lowest BCUT2D eigenvalue weighted by atomic mass is 10.3. The number of hydrogen-bond acceptors (Lipinski definition) is 2. The molecule has 0 unspecified atom stereocenters. The van der Waals surface area contributed by atoms with Gasteiger partial charge >= 0.3 is 0 Å². The van der Waals surface area contributed by atoms with Gasteiger partial charge in [0.05, 0.1) is 22.8 Å². The minimum atomic E-state index is 0.218. The average molecular weight is 226 g/mol. The van der Waals surface area contributed by atoms with E-state index in [4.69, 9.17) is 45.3 Å². The van der Waals surface area contributed by atoms with Crippen molar-refractivity contribution in [3.05, 3.63) is 21.1 Å². The Kier molecular flexibility index (Phi) is 2.94. The largest absolute Gasteiger partial charge is 0.495 e. The highest BCUT2D eigenvalue weighted by Gasteiger charge is 2.12. The third-order valence-electron chi connectivity index (χ3n) is 1.36. The Hall–Kier alpha value is -0.310. The molecule has 0 aliphatic heterocycles. The number of hydrogen-bond donors (Lipinski definition) is 1. The molecule has 2 N–H and O–H groups in total. The molecular formula is C7H6Cl3NO. The van der Waals surface area contributed by atoms with E-state index in [-0.39, 0.29) is 15.1 Å². The lowest BCUT2D eigenvalue weighted by Gasteiger charge is -2.07. The van der Waals surface area contributed by atoms with E-state index in [2.05, 4.69) is 0 Å². The van der Waals surface area contributed by atoms with Crippen LogP contribution in [0.3, 0.4) is 0 Å². The molecule has 5 heteroatoms. The molecule has 1 aromatic carbocycles. The number of nitrogens with two attached hydrogens (primary N) is 1. The van der Waals surface area contributed by atoms with E-state index in [0.717, 1.165) is 0 Å². The molecule has 0 radical (unpaired) electrons. The minimum Gasteiger partial charge on any atom is -0.495 e. The summed E-state index contributed by atoms with van der Waals surface area (Å²) in [6.07, 6.45) is 0. The van der Waals surface area contributed by atoms with Crippen LogP contribution >= 0.6 is 34.8 Å². The molecule has 1 rings (SSSR count). The first-order valence-corrected chi connectivity index (χ1v) is 4.18. The van der Waals surface area contributed by atoms with E-state index in [9.17, 15) is 0 Å². The quantitative estimate of drug-likeness (QED) is 0.589. The summed E-state index contributed by atoms with van der Waals surface area (Å²) in [6, 6.07) is 1.52. The fourth-order valence-corrected chi connectivity index (χ4v) is 1.37. The predicted octanol–water partition coefficient (Wildman–Crippen LogP) is 3.24. The second-order valence-corrected chi connectivity index (χ2v) is 3.24. The lowest BCUT2D eigenvalue weighted by Crippen LogP contribution is -1.91. The molecule has 0 aliphatic rings. The van der Waals surface area contributed by atoms with Crippen LogP contribution in [0.2, 0.25) is 15.1 Å². The second kappa shape index (κ2) is 3.60. The number of halogens is 3. The molecule has 0 saturated carbocycles. The summed E-state index contributed by atoms with van der Waals surface area (Å²) in [6.45, 7) is 0. The Bertz CT molecular complexity index is 314. The Labute approximate surface area is 85.2 Å². The standard InChI is InChI=1S/C7H6Cl3NO/c1-12-4-2-3(11)5(8)7(10)6(4)9/h2H,11H2,1H3. The van der Waals surface area contributed by atoms with Gasteiger partial charge in [-0.1, -0.05) is 34.8 Å². The van der Waals surface area contributed by atoms with Crippen LogP contribution in [-0.4, -0.2) is 7.11 Å². The number of rotatable bonds is 1. The van der Waals surface area contributed by atoms with Crippen LogP contribution in [-0.2, 0) is 0 Å². The van der Waals surface area contributed by atoms with Gasteiger partial charge in [0, 0.05) is 6.07 Å².